The number of guanidine groups is 1. The van der Waals surface area contributed by atoms with Crippen LogP contribution in [0, 0.1) is 5.92 Å². The highest BCUT2D eigenvalue weighted by molar-refractivity contribution is 7.09. The predicted octanol–water partition coefficient (Wildman–Crippen LogP) is 3.48. The van der Waals surface area contributed by atoms with Crippen molar-refractivity contribution in [2.45, 2.75) is 52.2 Å². The lowest BCUT2D eigenvalue weighted by Gasteiger charge is -2.30. The molecule has 0 aliphatic carbocycles. The van der Waals surface area contributed by atoms with Gasteiger partial charge in [-0.25, -0.2) is 4.98 Å². The van der Waals surface area contributed by atoms with E-state index in [2.05, 4.69) is 53.0 Å². The predicted molar refractivity (Wildman–Crippen MR) is 128 cm³/mol. The Hall–Kier alpha value is -2.12. The third-order valence-electron chi connectivity index (χ3n) is 6.06. The number of fused-ring (bicyclic) bond motifs is 1. The van der Waals surface area contributed by atoms with E-state index in [0.717, 1.165) is 63.8 Å². The molecule has 4 rings (SSSR count). The molecule has 1 unspecified atom stereocenters. The van der Waals surface area contributed by atoms with E-state index in [1.807, 2.05) is 6.07 Å². The Kier molecular flexibility index (Phi) is 7.81. The second-order valence-electron chi connectivity index (χ2n) is 8.46. The number of nitrogens with zero attached hydrogens (tertiary/aromatic N) is 3. The SMILES string of the molecule is CCNC(=NCC1CCN(Cc2csc(CC)n2)CC1)NCC1Cc2ccccc2O1. The van der Waals surface area contributed by atoms with Gasteiger partial charge < -0.3 is 15.4 Å². The molecule has 0 amide bonds. The van der Waals surface area contributed by atoms with Crippen molar-refractivity contribution >= 4 is 17.3 Å². The van der Waals surface area contributed by atoms with Crippen LogP contribution in [0.5, 0.6) is 5.75 Å². The van der Waals surface area contributed by atoms with Gasteiger partial charge in [0.1, 0.15) is 11.9 Å². The fourth-order valence-corrected chi connectivity index (χ4v) is 5.02. The van der Waals surface area contributed by atoms with Gasteiger partial charge in [0.05, 0.1) is 17.2 Å². The van der Waals surface area contributed by atoms with Gasteiger partial charge in [0.15, 0.2) is 5.96 Å². The molecule has 1 atom stereocenters. The maximum absolute atomic E-state index is 6.04. The number of para-hydroxylation sites is 1. The summed E-state index contributed by atoms with van der Waals surface area (Å²) in [5.74, 6) is 2.57. The van der Waals surface area contributed by atoms with Crippen molar-refractivity contribution in [2.24, 2.45) is 10.9 Å². The molecular weight excluding hydrogens is 406 g/mol. The van der Waals surface area contributed by atoms with Crippen LogP contribution in [0.15, 0.2) is 34.6 Å². The van der Waals surface area contributed by atoms with Crippen LogP contribution in [-0.4, -0.2) is 54.7 Å². The van der Waals surface area contributed by atoms with E-state index >= 15 is 0 Å². The molecule has 3 heterocycles. The highest BCUT2D eigenvalue weighted by Crippen LogP contribution is 2.27. The Morgan fingerprint density at radius 2 is 2.06 bits per heavy atom. The monoisotopic (exact) mass is 441 g/mol. The summed E-state index contributed by atoms with van der Waals surface area (Å²) >= 11 is 1.79. The van der Waals surface area contributed by atoms with Gasteiger partial charge in [-0.1, -0.05) is 25.1 Å². The summed E-state index contributed by atoms with van der Waals surface area (Å²) in [7, 11) is 0. The number of rotatable bonds is 8. The lowest BCUT2D eigenvalue weighted by molar-refractivity contribution is 0.179. The largest absolute Gasteiger partial charge is 0.488 e. The van der Waals surface area contributed by atoms with Crippen molar-refractivity contribution in [3.8, 4) is 5.75 Å². The summed E-state index contributed by atoms with van der Waals surface area (Å²) in [6, 6.07) is 8.31. The first-order valence-corrected chi connectivity index (χ1v) is 12.5. The number of piperidine rings is 1. The molecule has 0 spiro atoms. The van der Waals surface area contributed by atoms with E-state index in [9.17, 15) is 0 Å². The van der Waals surface area contributed by atoms with E-state index in [4.69, 9.17) is 14.7 Å². The van der Waals surface area contributed by atoms with Gasteiger partial charge in [0, 0.05) is 31.4 Å². The summed E-state index contributed by atoms with van der Waals surface area (Å²) in [5, 5.41) is 10.3. The van der Waals surface area contributed by atoms with Crippen molar-refractivity contribution in [3.05, 3.63) is 45.9 Å². The molecule has 0 bridgehead atoms. The van der Waals surface area contributed by atoms with Gasteiger partial charge in [-0.15, -0.1) is 11.3 Å². The molecule has 2 aliphatic heterocycles. The smallest absolute Gasteiger partial charge is 0.191 e. The number of ether oxygens (including phenoxy) is 1. The first kappa shape index (κ1) is 22.1. The lowest BCUT2D eigenvalue weighted by Crippen LogP contribution is -2.42. The van der Waals surface area contributed by atoms with E-state index in [1.165, 1.54) is 29.1 Å². The molecule has 1 aromatic heterocycles. The van der Waals surface area contributed by atoms with Crippen LogP contribution in [-0.2, 0) is 19.4 Å². The topological polar surface area (TPSA) is 61.8 Å². The molecule has 0 radical (unpaired) electrons. The number of likely N-dealkylation sites (tertiary alicyclic amines) is 1. The Morgan fingerprint density at radius 1 is 1.23 bits per heavy atom. The zero-order chi connectivity index (χ0) is 21.5. The minimum atomic E-state index is 0.170. The summed E-state index contributed by atoms with van der Waals surface area (Å²) in [5.41, 5.74) is 2.53. The number of hydrogen-bond acceptors (Lipinski definition) is 5. The lowest BCUT2D eigenvalue weighted by atomic mass is 9.97. The van der Waals surface area contributed by atoms with Crippen molar-refractivity contribution in [2.75, 3.05) is 32.7 Å². The van der Waals surface area contributed by atoms with Crippen LogP contribution in [0.3, 0.4) is 0 Å². The van der Waals surface area contributed by atoms with Crippen LogP contribution in [0.4, 0.5) is 0 Å². The van der Waals surface area contributed by atoms with Gasteiger partial charge in [-0.05, 0) is 56.8 Å². The average molecular weight is 442 g/mol. The number of thiazole rings is 1. The quantitative estimate of drug-likeness (QED) is 0.485. The summed E-state index contributed by atoms with van der Waals surface area (Å²) in [6.07, 6.45) is 4.57. The van der Waals surface area contributed by atoms with E-state index < -0.39 is 0 Å². The molecule has 2 N–H and O–H groups in total. The minimum Gasteiger partial charge on any atom is -0.488 e. The Labute approximate surface area is 190 Å². The number of hydrogen-bond donors (Lipinski definition) is 2. The first-order valence-electron chi connectivity index (χ1n) is 11.7. The zero-order valence-corrected chi connectivity index (χ0v) is 19.6. The third-order valence-corrected chi connectivity index (χ3v) is 7.10. The summed E-state index contributed by atoms with van der Waals surface area (Å²) < 4.78 is 6.04. The van der Waals surface area contributed by atoms with Gasteiger partial charge in [-0.2, -0.15) is 0 Å². The average Bonchev–Trinajstić information content (AvgIpc) is 3.43. The van der Waals surface area contributed by atoms with Gasteiger partial charge in [0.2, 0.25) is 0 Å². The highest BCUT2D eigenvalue weighted by Gasteiger charge is 2.23. The zero-order valence-electron chi connectivity index (χ0n) is 18.8. The molecule has 7 heteroatoms. The molecule has 1 saturated heterocycles. The van der Waals surface area contributed by atoms with Crippen LogP contribution in [0.1, 0.15) is 43.0 Å². The summed E-state index contributed by atoms with van der Waals surface area (Å²) in [4.78, 5) is 12.1. The molecule has 31 heavy (non-hydrogen) atoms. The second-order valence-corrected chi connectivity index (χ2v) is 9.40. The number of aryl methyl sites for hydroxylation is 1. The van der Waals surface area contributed by atoms with E-state index in [1.54, 1.807) is 11.3 Å². The molecule has 0 saturated carbocycles. The molecule has 2 aromatic rings. The molecule has 1 aromatic carbocycles. The van der Waals surface area contributed by atoms with Gasteiger partial charge in [-0.3, -0.25) is 9.89 Å². The van der Waals surface area contributed by atoms with Crippen LogP contribution in [0.25, 0.3) is 0 Å². The fraction of sp³-hybridized carbons (Fsp3) is 0.583. The number of aromatic nitrogens is 1. The van der Waals surface area contributed by atoms with Gasteiger partial charge >= 0.3 is 0 Å². The third kappa shape index (κ3) is 6.20. The maximum Gasteiger partial charge on any atom is 0.191 e. The first-order chi connectivity index (χ1) is 15.2. The summed E-state index contributed by atoms with van der Waals surface area (Å²) in [6.45, 7) is 10.1. The molecular formula is C24H35N5OS. The fourth-order valence-electron chi connectivity index (χ4n) is 4.28. The van der Waals surface area contributed by atoms with Crippen LogP contribution < -0.4 is 15.4 Å². The molecule has 168 valence electrons. The Bertz CT molecular complexity index is 834. The highest BCUT2D eigenvalue weighted by atomic mass is 32.1. The number of nitrogens with one attached hydrogen (secondary N) is 2. The van der Waals surface area contributed by atoms with E-state index in [-0.39, 0.29) is 6.10 Å². The standard InChI is InChI=1S/C24H35N5OS/c1-3-23-28-20(17-31-23)16-29-11-9-18(10-12-29)14-26-24(25-4-2)27-15-21-13-19-7-5-6-8-22(19)30-21/h5-8,17-18,21H,3-4,9-16H2,1-2H3,(H2,25,26,27). The molecule has 1 fully saturated rings. The van der Waals surface area contributed by atoms with Crippen molar-refractivity contribution in [3.63, 3.8) is 0 Å². The maximum atomic E-state index is 6.04. The van der Waals surface area contributed by atoms with Crippen molar-refractivity contribution in [1.82, 2.24) is 20.5 Å². The number of benzene rings is 1. The van der Waals surface area contributed by atoms with Crippen LogP contribution >= 0.6 is 11.3 Å². The molecule has 6 nitrogen and oxygen atoms in total. The van der Waals surface area contributed by atoms with Gasteiger partial charge in [0.25, 0.3) is 0 Å². The minimum absolute atomic E-state index is 0.170. The van der Waals surface area contributed by atoms with Crippen molar-refractivity contribution < 1.29 is 4.74 Å². The molecule has 2 aliphatic rings. The van der Waals surface area contributed by atoms with Crippen molar-refractivity contribution in [1.29, 1.82) is 0 Å². The number of aliphatic imine (C=N–C) groups is 1. The Balaban J connectivity index is 1.20. The van der Waals surface area contributed by atoms with Crippen LogP contribution in [0.2, 0.25) is 0 Å². The Morgan fingerprint density at radius 3 is 2.81 bits per heavy atom. The van der Waals surface area contributed by atoms with E-state index in [0.29, 0.717) is 5.92 Å². The normalized spacial score (nSPS) is 19.8. The second kappa shape index (κ2) is 11.0.